The number of amides is 3. The summed E-state index contributed by atoms with van der Waals surface area (Å²) in [6.07, 6.45) is 0.0462. The Kier molecular flexibility index (Phi) is 6.25. The average Bonchev–Trinajstić information content (AvgIpc) is 3.29. The number of nitrogens with one attached hydrogen (secondary N) is 4. The Morgan fingerprint density at radius 2 is 1.71 bits per heavy atom. The van der Waals surface area contributed by atoms with Crippen LogP contribution >= 0.6 is 11.6 Å². The lowest BCUT2D eigenvalue weighted by molar-refractivity contribution is -0.122. The zero-order chi connectivity index (χ0) is 24.4. The molecule has 0 spiro atoms. The molecular formula is C27H23ClN4O3. The van der Waals surface area contributed by atoms with Gasteiger partial charge < -0.3 is 20.9 Å². The number of carbonyl (C=O) groups excluding carboxylic acids is 3. The topological polar surface area (TPSA) is 103 Å². The summed E-state index contributed by atoms with van der Waals surface area (Å²) in [4.78, 5) is 42.1. The fourth-order valence-corrected chi connectivity index (χ4v) is 4.59. The first kappa shape index (κ1) is 22.7. The first-order chi connectivity index (χ1) is 17.0. The van der Waals surface area contributed by atoms with Crippen LogP contribution in [0.3, 0.4) is 0 Å². The van der Waals surface area contributed by atoms with Crippen molar-refractivity contribution in [3.63, 3.8) is 0 Å². The molecule has 7 nitrogen and oxygen atoms in total. The number of halogens is 1. The van der Waals surface area contributed by atoms with Gasteiger partial charge in [0.15, 0.2) is 0 Å². The number of H-pyrrole nitrogens is 1. The molecule has 1 aliphatic rings. The molecule has 2 atom stereocenters. The molecule has 0 aliphatic carbocycles. The van der Waals surface area contributed by atoms with Crippen molar-refractivity contribution in [2.45, 2.75) is 24.9 Å². The normalized spacial score (nSPS) is 16.9. The van der Waals surface area contributed by atoms with Crippen molar-refractivity contribution in [1.29, 1.82) is 0 Å². The van der Waals surface area contributed by atoms with Crippen LogP contribution in [0, 0.1) is 0 Å². The first-order valence-corrected chi connectivity index (χ1v) is 11.7. The van der Waals surface area contributed by atoms with Crippen molar-refractivity contribution in [3.05, 3.63) is 101 Å². The molecular weight excluding hydrogens is 464 g/mol. The largest absolute Gasteiger partial charge is 0.352 e. The molecule has 0 saturated heterocycles. The third-order valence-electron chi connectivity index (χ3n) is 6.15. The lowest BCUT2D eigenvalue weighted by Gasteiger charge is -2.33. The second-order valence-electron chi connectivity index (χ2n) is 8.52. The number of aromatic amines is 1. The predicted molar refractivity (Wildman–Crippen MR) is 135 cm³/mol. The molecule has 4 aromatic rings. The smallest absolute Gasteiger partial charge is 0.268 e. The molecule has 2 heterocycles. The van der Waals surface area contributed by atoms with Crippen molar-refractivity contribution in [3.8, 4) is 0 Å². The Labute approximate surface area is 206 Å². The zero-order valence-electron chi connectivity index (χ0n) is 18.7. The summed E-state index contributed by atoms with van der Waals surface area (Å²) in [6.45, 7) is 0.384. The van der Waals surface area contributed by atoms with Crippen LogP contribution < -0.4 is 16.0 Å². The van der Waals surface area contributed by atoms with Gasteiger partial charge in [-0.15, -0.1) is 0 Å². The van der Waals surface area contributed by atoms with Crippen molar-refractivity contribution >= 4 is 45.9 Å². The van der Waals surface area contributed by atoms with Crippen LogP contribution in [0.1, 0.15) is 34.0 Å². The van der Waals surface area contributed by atoms with Gasteiger partial charge in [-0.05, 0) is 41.5 Å². The number of aromatic nitrogens is 1. The van der Waals surface area contributed by atoms with E-state index in [1.807, 2.05) is 48.5 Å². The highest BCUT2D eigenvalue weighted by atomic mass is 35.5. The minimum atomic E-state index is -0.921. The lowest BCUT2D eigenvalue weighted by atomic mass is 9.83. The van der Waals surface area contributed by atoms with Crippen LogP contribution in [0.25, 0.3) is 10.9 Å². The fraction of sp³-hybridized carbons (Fsp3) is 0.148. The summed E-state index contributed by atoms with van der Waals surface area (Å²) in [6, 6.07) is 23.0. The highest BCUT2D eigenvalue weighted by Crippen LogP contribution is 2.35. The van der Waals surface area contributed by atoms with Gasteiger partial charge in [-0.25, -0.2) is 0 Å². The Morgan fingerprint density at radius 1 is 0.943 bits per heavy atom. The van der Waals surface area contributed by atoms with Gasteiger partial charge in [0.1, 0.15) is 11.7 Å². The van der Waals surface area contributed by atoms with Crippen LogP contribution in [0.2, 0.25) is 5.02 Å². The van der Waals surface area contributed by atoms with Crippen molar-refractivity contribution in [1.82, 2.24) is 15.6 Å². The summed E-state index contributed by atoms with van der Waals surface area (Å²) in [5.41, 5.74) is 3.49. The van der Waals surface area contributed by atoms with Crippen molar-refractivity contribution in [2.75, 3.05) is 5.32 Å². The van der Waals surface area contributed by atoms with Crippen molar-refractivity contribution < 1.29 is 14.4 Å². The number of fused-ring (bicyclic) bond motifs is 2. The molecule has 1 aromatic heterocycles. The van der Waals surface area contributed by atoms with E-state index in [1.54, 1.807) is 30.3 Å². The molecule has 0 radical (unpaired) electrons. The zero-order valence-corrected chi connectivity index (χ0v) is 19.4. The molecule has 3 aromatic carbocycles. The Bertz CT molecular complexity index is 1420. The molecule has 2 unspecified atom stereocenters. The summed E-state index contributed by atoms with van der Waals surface area (Å²) in [5.74, 6) is -1.54. The van der Waals surface area contributed by atoms with Crippen LogP contribution in [-0.4, -0.2) is 28.7 Å². The molecule has 0 fully saturated rings. The van der Waals surface area contributed by atoms with E-state index in [0.29, 0.717) is 22.9 Å². The van der Waals surface area contributed by atoms with E-state index in [4.69, 9.17) is 11.6 Å². The second-order valence-corrected chi connectivity index (χ2v) is 8.95. The van der Waals surface area contributed by atoms with Gasteiger partial charge in [-0.3, -0.25) is 14.4 Å². The number of anilines is 1. The van der Waals surface area contributed by atoms with Crippen molar-refractivity contribution in [2.24, 2.45) is 0 Å². The van der Waals surface area contributed by atoms with E-state index in [2.05, 4.69) is 20.9 Å². The Balaban J connectivity index is 1.37. The average molecular weight is 487 g/mol. The van der Waals surface area contributed by atoms with Gasteiger partial charge >= 0.3 is 0 Å². The molecule has 176 valence electrons. The minimum Gasteiger partial charge on any atom is -0.352 e. The van der Waals surface area contributed by atoms with Gasteiger partial charge in [-0.1, -0.05) is 60.1 Å². The quantitative estimate of drug-likeness (QED) is 0.325. The molecule has 0 bridgehead atoms. The standard InChI is InChI=1S/C27H23ClN4O3/c28-18-10-11-21-17(12-18)13-23(30-21)26(34)32-25-20(19-8-4-5-9-22(19)31-27(25)35)14-24(33)29-15-16-6-2-1-3-7-16/h1-13,20,25,30H,14-15H2,(H,29,33)(H,31,35)(H,32,34). The number of hydrogen-bond donors (Lipinski definition) is 4. The predicted octanol–water partition coefficient (Wildman–Crippen LogP) is 4.36. The highest BCUT2D eigenvalue weighted by Gasteiger charge is 2.38. The van der Waals surface area contributed by atoms with Gasteiger partial charge in [0.05, 0.1) is 0 Å². The summed E-state index contributed by atoms with van der Waals surface area (Å²) >= 11 is 6.06. The summed E-state index contributed by atoms with van der Waals surface area (Å²) in [7, 11) is 0. The molecule has 1 aliphatic heterocycles. The number of carbonyl (C=O) groups is 3. The van der Waals surface area contributed by atoms with Gasteiger partial charge in [-0.2, -0.15) is 0 Å². The van der Waals surface area contributed by atoms with Gasteiger partial charge in [0.25, 0.3) is 5.91 Å². The van der Waals surface area contributed by atoms with Crippen LogP contribution in [0.15, 0.2) is 78.9 Å². The maximum atomic E-state index is 13.1. The lowest BCUT2D eigenvalue weighted by Crippen LogP contribution is -2.51. The maximum absolute atomic E-state index is 13.1. The summed E-state index contributed by atoms with van der Waals surface area (Å²) in [5, 5.41) is 9.96. The first-order valence-electron chi connectivity index (χ1n) is 11.3. The van der Waals surface area contributed by atoms with Gasteiger partial charge in [0.2, 0.25) is 11.8 Å². The third kappa shape index (κ3) is 4.90. The SMILES string of the molecule is O=C(CC1c2ccccc2NC(=O)C1NC(=O)c1cc2cc(Cl)ccc2[nH]1)NCc1ccccc1. The van der Waals surface area contributed by atoms with E-state index in [9.17, 15) is 14.4 Å². The number of rotatable bonds is 6. The number of benzene rings is 3. The van der Waals surface area contributed by atoms with E-state index in [1.165, 1.54) is 0 Å². The monoisotopic (exact) mass is 486 g/mol. The van der Waals surface area contributed by atoms with E-state index < -0.39 is 17.9 Å². The summed E-state index contributed by atoms with van der Waals surface area (Å²) < 4.78 is 0. The Morgan fingerprint density at radius 3 is 2.54 bits per heavy atom. The maximum Gasteiger partial charge on any atom is 0.268 e. The minimum absolute atomic E-state index is 0.0462. The highest BCUT2D eigenvalue weighted by molar-refractivity contribution is 6.31. The van der Waals surface area contributed by atoms with Gasteiger partial charge in [0, 0.05) is 40.5 Å². The number of para-hydroxylation sites is 1. The molecule has 0 saturated carbocycles. The second kappa shape index (κ2) is 9.64. The van der Waals surface area contributed by atoms with E-state index in [-0.39, 0.29) is 18.2 Å². The molecule has 3 amide bonds. The molecule has 5 rings (SSSR count). The Hall–Kier alpha value is -4.10. The molecule has 35 heavy (non-hydrogen) atoms. The van der Waals surface area contributed by atoms with Crippen LogP contribution in [-0.2, 0) is 16.1 Å². The molecule has 8 heteroatoms. The third-order valence-corrected chi connectivity index (χ3v) is 6.39. The van der Waals surface area contributed by atoms with Crippen LogP contribution in [0.4, 0.5) is 5.69 Å². The molecule has 4 N–H and O–H groups in total. The number of hydrogen-bond acceptors (Lipinski definition) is 3. The van der Waals surface area contributed by atoms with E-state index in [0.717, 1.165) is 22.0 Å². The van der Waals surface area contributed by atoms with Crippen LogP contribution in [0.5, 0.6) is 0 Å². The van der Waals surface area contributed by atoms with E-state index >= 15 is 0 Å². The fourth-order valence-electron chi connectivity index (χ4n) is 4.41.